The van der Waals surface area contributed by atoms with Crippen LogP contribution in [0.2, 0.25) is 0 Å². The molecule has 0 aromatic rings. The number of alkyl halides is 3. The van der Waals surface area contributed by atoms with Gasteiger partial charge in [0.1, 0.15) is 0 Å². The number of rotatable bonds is 3. The van der Waals surface area contributed by atoms with Gasteiger partial charge in [-0.15, -0.1) is 4.91 Å². The molecule has 0 aliphatic heterocycles. The Kier molecular flexibility index (Phi) is 4.90. The van der Waals surface area contributed by atoms with Gasteiger partial charge in [0.15, 0.2) is 0 Å². The van der Waals surface area contributed by atoms with Crippen molar-refractivity contribution >= 4 is 5.91 Å². The fourth-order valence-corrected chi connectivity index (χ4v) is 1.08. The van der Waals surface area contributed by atoms with Gasteiger partial charge in [-0.3, -0.25) is 4.79 Å². The lowest BCUT2D eigenvalue weighted by Crippen LogP contribution is -2.15. The molecule has 0 aliphatic rings. The van der Waals surface area contributed by atoms with E-state index in [9.17, 15) is 22.9 Å². The van der Waals surface area contributed by atoms with Crippen molar-refractivity contribution in [1.29, 1.82) is 0 Å². The van der Waals surface area contributed by atoms with Crippen LogP contribution in [0.15, 0.2) is 28.5 Å². The molecule has 0 spiro atoms. The minimum absolute atomic E-state index is 0.241. The van der Waals surface area contributed by atoms with Gasteiger partial charge < -0.3 is 0 Å². The van der Waals surface area contributed by atoms with Gasteiger partial charge in [-0.05, 0) is 19.4 Å². The predicted octanol–water partition coefficient (Wildman–Crippen LogP) is 3.12. The summed E-state index contributed by atoms with van der Waals surface area (Å²) in [6.45, 7) is 2.58. The molecule has 0 bridgehead atoms. The van der Waals surface area contributed by atoms with Crippen molar-refractivity contribution in [3.63, 3.8) is 0 Å². The molecule has 3 nitrogen and oxygen atoms in total. The molecule has 15 heavy (non-hydrogen) atoms. The number of nitrogens with zero attached hydrogens (tertiary/aromatic N) is 1. The molecular weight excluding hydrogens is 211 g/mol. The van der Waals surface area contributed by atoms with E-state index in [1.54, 1.807) is 0 Å². The standard InChI is InChI=1S/C9H10F3NO2/c1-3-6(5-8(14)13-15)7(4-2)9(10,11)12/h3-4H,5H2,1-2H3/b6-3-,7-4+. The Morgan fingerprint density at radius 1 is 1.27 bits per heavy atom. The minimum Gasteiger partial charge on any atom is -0.269 e. The van der Waals surface area contributed by atoms with Crippen LogP contribution in [0.4, 0.5) is 13.2 Å². The van der Waals surface area contributed by atoms with Crippen LogP contribution in [0.25, 0.3) is 0 Å². The molecule has 0 unspecified atom stereocenters. The third-order valence-corrected chi connectivity index (χ3v) is 1.73. The van der Waals surface area contributed by atoms with E-state index in [-0.39, 0.29) is 5.57 Å². The molecular formula is C9H10F3NO2. The Morgan fingerprint density at radius 3 is 2.07 bits per heavy atom. The van der Waals surface area contributed by atoms with Gasteiger partial charge in [-0.25, -0.2) is 0 Å². The van der Waals surface area contributed by atoms with Gasteiger partial charge in [0.05, 0.1) is 12.0 Å². The summed E-state index contributed by atoms with van der Waals surface area (Å²) in [6.07, 6.45) is -3.15. The first-order valence-corrected chi connectivity index (χ1v) is 4.12. The summed E-state index contributed by atoms with van der Waals surface area (Å²) >= 11 is 0. The first-order valence-electron chi connectivity index (χ1n) is 4.12. The van der Waals surface area contributed by atoms with E-state index in [2.05, 4.69) is 5.18 Å². The van der Waals surface area contributed by atoms with Crippen LogP contribution >= 0.6 is 0 Å². The lowest BCUT2D eigenvalue weighted by molar-refractivity contribution is -0.117. The van der Waals surface area contributed by atoms with E-state index >= 15 is 0 Å². The highest BCUT2D eigenvalue weighted by Gasteiger charge is 2.35. The molecule has 0 aliphatic carbocycles. The summed E-state index contributed by atoms with van der Waals surface area (Å²) in [5, 5.41) is 2.05. The quantitative estimate of drug-likeness (QED) is 0.543. The van der Waals surface area contributed by atoms with E-state index in [0.717, 1.165) is 12.2 Å². The number of carbonyl (C=O) groups excluding carboxylic acids is 1. The molecule has 84 valence electrons. The van der Waals surface area contributed by atoms with Gasteiger partial charge in [-0.2, -0.15) is 13.2 Å². The third-order valence-electron chi connectivity index (χ3n) is 1.73. The number of nitroso groups, excluding NO2 is 1. The molecule has 6 heteroatoms. The fourth-order valence-electron chi connectivity index (χ4n) is 1.08. The van der Waals surface area contributed by atoms with Crippen molar-refractivity contribution in [2.75, 3.05) is 0 Å². The van der Waals surface area contributed by atoms with E-state index in [0.29, 0.717) is 0 Å². The van der Waals surface area contributed by atoms with Crippen molar-refractivity contribution in [3.8, 4) is 0 Å². The average molecular weight is 221 g/mol. The molecule has 0 aromatic carbocycles. The van der Waals surface area contributed by atoms with Crippen LogP contribution < -0.4 is 0 Å². The zero-order chi connectivity index (χ0) is 12.1. The summed E-state index contributed by atoms with van der Waals surface area (Å²) in [5.74, 6) is -1.12. The number of carbonyl (C=O) groups is 1. The van der Waals surface area contributed by atoms with Crippen molar-refractivity contribution in [1.82, 2.24) is 0 Å². The predicted molar refractivity (Wildman–Crippen MR) is 49.0 cm³/mol. The topological polar surface area (TPSA) is 46.5 Å². The van der Waals surface area contributed by atoms with E-state index < -0.39 is 24.1 Å². The van der Waals surface area contributed by atoms with Crippen LogP contribution in [-0.4, -0.2) is 12.1 Å². The molecule has 0 radical (unpaired) electrons. The second-order valence-electron chi connectivity index (χ2n) is 2.68. The Labute approximate surface area is 84.6 Å². The monoisotopic (exact) mass is 221 g/mol. The number of allylic oxidation sites excluding steroid dienone is 3. The lowest BCUT2D eigenvalue weighted by atomic mass is 10.0. The maximum absolute atomic E-state index is 12.4. The summed E-state index contributed by atoms with van der Waals surface area (Å²) in [6, 6.07) is 0. The van der Waals surface area contributed by atoms with Crippen LogP contribution in [0, 0.1) is 4.91 Å². The molecule has 1 amide bonds. The smallest absolute Gasteiger partial charge is 0.269 e. The summed E-state index contributed by atoms with van der Waals surface area (Å²) in [5.41, 5.74) is -1.16. The summed E-state index contributed by atoms with van der Waals surface area (Å²) < 4.78 is 37.1. The molecule has 0 atom stereocenters. The first-order chi connectivity index (χ1) is 6.86. The van der Waals surface area contributed by atoms with E-state index in [1.807, 2.05) is 0 Å². The second kappa shape index (κ2) is 5.43. The van der Waals surface area contributed by atoms with Crippen LogP contribution in [0.3, 0.4) is 0 Å². The van der Waals surface area contributed by atoms with Gasteiger partial charge in [0.2, 0.25) is 0 Å². The normalized spacial score (nSPS) is 13.9. The molecule has 0 N–H and O–H groups in total. The number of hydrogen-bond acceptors (Lipinski definition) is 2. The molecule has 0 fully saturated rings. The molecule has 0 rings (SSSR count). The largest absolute Gasteiger partial charge is 0.416 e. The number of hydrogen-bond donors (Lipinski definition) is 0. The highest BCUT2D eigenvalue weighted by atomic mass is 19.4. The molecule has 0 heterocycles. The van der Waals surface area contributed by atoms with Gasteiger partial charge in [0.25, 0.3) is 5.91 Å². The average Bonchev–Trinajstić information content (AvgIpc) is 2.14. The Hall–Kier alpha value is -1.46. The summed E-state index contributed by atoms with van der Waals surface area (Å²) in [7, 11) is 0. The number of amides is 1. The van der Waals surface area contributed by atoms with Crippen molar-refractivity contribution in [2.24, 2.45) is 5.18 Å². The Balaban J connectivity index is 4.99. The SMILES string of the molecule is C/C=C(CC(=O)N=O)\C(=C/C)C(F)(F)F. The Morgan fingerprint density at radius 2 is 1.80 bits per heavy atom. The van der Waals surface area contributed by atoms with Crippen LogP contribution in [0.1, 0.15) is 20.3 Å². The van der Waals surface area contributed by atoms with Crippen molar-refractivity contribution in [3.05, 3.63) is 28.2 Å². The van der Waals surface area contributed by atoms with Crippen LogP contribution in [-0.2, 0) is 4.79 Å². The van der Waals surface area contributed by atoms with Crippen molar-refractivity contribution < 1.29 is 18.0 Å². The zero-order valence-electron chi connectivity index (χ0n) is 8.26. The number of halogens is 3. The second-order valence-corrected chi connectivity index (χ2v) is 2.68. The van der Waals surface area contributed by atoms with Gasteiger partial charge in [0, 0.05) is 5.18 Å². The lowest BCUT2D eigenvalue weighted by Gasteiger charge is -2.13. The van der Waals surface area contributed by atoms with E-state index in [4.69, 9.17) is 0 Å². The molecule has 0 saturated heterocycles. The third kappa shape index (κ3) is 4.05. The molecule has 0 saturated carbocycles. The molecule has 0 aromatic heterocycles. The zero-order valence-corrected chi connectivity index (χ0v) is 8.26. The highest BCUT2D eigenvalue weighted by molar-refractivity contribution is 5.80. The van der Waals surface area contributed by atoms with Gasteiger partial charge in [-0.1, -0.05) is 12.2 Å². The minimum atomic E-state index is -4.53. The summed E-state index contributed by atoms with van der Waals surface area (Å²) in [4.78, 5) is 20.4. The first kappa shape index (κ1) is 13.5. The van der Waals surface area contributed by atoms with Crippen LogP contribution in [0.5, 0.6) is 0 Å². The van der Waals surface area contributed by atoms with E-state index in [1.165, 1.54) is 13.8 Å². The maximum atomic E-state index is 12.4. The Bertz CT molecular complexity index is 316. The fraction of sp³-hybridized carbons (Fsp3) is 0.444. The maximum Gasteiger partial charge on any atom is 0.416 e. The van der Waals surface area contributed by atoms with Gasteiger partial charge >= 0.3 is 6.18 Å². The highest BCUT2D eigenvalue weighted by Crippen LogP contribution is 2.32. The van der Waals surface area contributed by atoms with Crippen molar-refractivity contribution in [2.45, 2.75) is 26.4 Å².